The monoisotopic (exact) mass is 501 g/mol. The molecule has 3 aromatic heterocycles. The normalized spacial score (nSPS) is 11.8. The van der Waals surface area contributed by atoms with Crippen LogP contribution in [0.4, 0.5) is 5.82 Å². The van der Waals surface area contributed by atoms with Gasteiger partial charge in [-0.05, 0) is 24.1 Å². The van der Waals surface area contributed by atoms with E-state index in [1.807, 2.05) is 42.5 Å². The Kier molecular flexibility index (Phi) is 8.20. The average Bonchev–Trinajstić information content (AvgIpc) is 3.32. The summed E-state index contributed by atoms with van der Waals surface area (Å²) in [6.07, 6.45) is 8.66. The maximum atomic E-state index is 13.3. The Morgan fingerprint density at radius 2 is 2.06 bits per heavy atom. The van der Waals surface area contributed by atoms with Crippen LogP contribution in [0.25, 0.3) is 15.7 Å². The molecule has 0 bridgehead atoms. The van der Waals surface area contributed by atoms with Crippen molar-refractivity contribution in [2.75, 3.05) is 18.9 Å². The molecule has 0 aliphatic rings. The maximum Gasteiger partial charge on any atom is 0.294 e. The number of aromatic nitrogens is 3. The molecule has 0 saturated heterocycles. The van der Waals surface area contributed by atoms with E-state index in [2.05, 4.69) is 25.6 Å². The van der Waals surface area contributed by atoms with Gasteiger partial charge in [-0.2, -0.15) is 0 Å². The number of carbonyl (C=O) groups is 1. The molecular weight excluding hydrogens is 474 g/mol. The van der Waals surface area contributed by atoms with E-state index in [1.54, 1.807) is 30.8 Å². The summed E-state index contributed by atoms with van der Waals surface area (Å²) >= 11 is 1.59. The van der Waals surface area contributed by atoms with Crippen LogP contribution in [0.3, 0.4) is 0 Å². The summed E-state index contributed by atoms with van der Waals surface area (Å²) in [5.41, 5.74) is 7.41. The largest absolute Gasteiger partial charge is 0.404 e. The van der Waals surface area contributed by atoms with E-state index >= 15 is 0 Å². The molecular formula is C26H27N7O2S. The standard InChI is InChI=1S/C26H27N7O2S/c1-28-13-20(12-27)22-16-32-25(30-10-7-18-5-3-2-4-6-18)26(35)33(22)17-24(34)31-15-21-11-19-14-29-9-8-23(19)36-21/h2-6,8-9,11-14,16H,7,10,15,17,27H2,1H3,(H,30,32)(H,31,34)/b20-12+,28-13?. The van der Waals surface area contributed by atoms with Gasteiger partial charge in [0, 0.05) is 58.9 Å². The minimum atomic E-state index is -0.410. The van der Waals surface area contributed by atoms with Crippen LogP contribution in [0.15, 0.2) is 77.0 Å². The predicted octanol–water partition coefficient (Wildman–Crippen LogP) is 2.82. The van der Waals surface area contributed by atoms with Gasteiger partial charge in [0.25, 0.3) is 5.56 Å². The third-order valence-corrected chi connectivity index (χ3v) is 6.59. The Morgan fingerprint density at radius 3 is 2.81 bits per heavy atom. The molecule has 0 radical (unpaired) electrons. The number of fused-ring (bicyclic) bond motifs is 1. The van der Waals surface area contributed by atoms with Crippen molar-refractivity contribution in [2.24, 2.45) is 10.7 Å². The highest BCUT2D eigenvalue weighted by atomic mass is 32.1. The quantitative estimate of drug-likeness (QED) is 0.287. The number of nitrogens with one attached hydrogen (secondary N) is 2. The zero-order valence-corrected chi connectivity index (χ0v) is 20.7. The average molecular weight is 502 g/mol. The van der Waals surface area contributed by atoms with Crippen molar-refractivity contribution in [1.82, 2.24) is 19.9 Å². The zero-order valence-electron chi connectivity index (χ0n) is 19.8. The van der Waals surface area contributed by atoms with Crippen LogP contribution in [0.5, 0.6) is 0 Å². The highest BCUT2D eigenvalue weighted by Crippen LogP contribution is 2.24. The first kappa shape index (κ1) is 24.8. The Bertz CT molecular complexity index is 1430. The van der Waals surface area contributed by atoms with Gasteiger partial charge in [-0.1, -0.05) is 30.3 Å². The van der Waals surface area contributed by atoms with Gasteiger partial charge in [-0.25, -0.2) is 4.98 Å². The fourth-order valence-electron chi connectivity index (χ4n) is 3.71. The highest BCUT2D eigenvalue weighted by molar-refractivity contribution is 7.19. The smallest absolute Gasteiger partial charge is 0.294 e. The van der Waals surface area contributed by atoms with Gasteiger partial charge in [-0.15, -0.1) is 11.3 Å². The molecule has 10 heteroatoms. The van der Waals surface area contributed by atoms with Crippen molar-refractivity contribution in [1.29, 1.82) is 0 Å². The Balaban J connectivity index is 1.51. The molecule has 0 aliphatic heterocycles. The summed E-state index contributed by atoms with van der Waals surface area (Å²) in [7, 11) is 1.60. The van der Waals surface area contributed by atoms with Crippen LogP contribution in [-0.2, 0) is 24.3 Å². The molecule has 4 rings (SSSR count). The molecule has 184 valence electrons. The number of anilines is 1. The first-order valence-electron chi connectivity index (χ1n) is 11.4. The number of allylic oxidation sites excluding steroid dienone is 1. The lowest BCUT2D eigenvalue weighted by molar-refractivity contribution is -0.121. The molecule has 0 fully saturated rings. The molecule has 0 aliphatic carbocycles. The first-order valence-corrected chi connectivity index (χ1v) is 12.2. The summed E-state index contributed by atoms with van der Waals surface area (Å²) in [5.74, 6) is -0.135. The van der Waals surface area contributed by atoms with E-state index in [4.69, 9.17) is 5.73 Å². The SMILES string of the molecule is CN=C/C(=C\N)c1cnc(NCCc2ccccc2)c(=O)n1CC(=O)NCc1cc2cnccc2s1. The predicted molar refractivity (Wildman–Crippen MR) is 145 cm³/mol. The van der Waals surface area contributed by atoms with Crippen molar-refractivity contribution >= 4 is 44.9 Å². The Labute approximate surface area is 212 Å². The van der Waals surface area contributed by atoms with E-state index in [9.17, 15) is 9.59 Å². The summed E-state index contributed by atoms with van der Waals surface area (Å²) in [5, 5.41) is 7.03. The molecule has 4 N–H and O–H groups in total. The van der Waals surface area contributed by atoms with Gasteiger partial charge in [0.15, 0.2) is 5.82 Å². The second-order valence-electron chi connectivity index (χ2n) is 7.96. The lowest BCUT2D eigenvalue weighted by Crippen LogP contribution is -2.35. The number of benzene rings is 1. The van der Waals surface area contributed by atoms with Crippen LogP contribution >= 0.6 is 11.3 Å². The van der Waals surface area contributed by atoms with Crippen molar-refractivity contribution in [3.63, 3.8) is 0 Å². The number of hydrogen-bond acceptors (Lipinski definition) is 8. The molecule has 4 aromatic rings. The van der Waals surface area contributed by atoms with Crippen LogP contribution in [-0.4, -0.2) is 40.2 Å². The Morgan fingerprint density at radius 1 is 1.22 bits per heavy atom. The zero-order chi connectivity index (χ0) is 25.3. The third kappa shape index (κ3) is 6.02. The number of aliphatic imine (C=N–C) groups is 1. The van der Waals surface area contributed by atoms with Crippen molar-refractivity contribution < 1.29 is 4.79 Å². The second kappa shape index (κ2) is 11.9. The summed E-state index contributed by atoms with van der Waals surface area (Å²) < 4.78 is 2.47. The van der Waals surface area contributed by atoms with E-state index in [1.165, 1.54) is 23.2 Å². The van der Waals surface area contributed by atoms with Crippen LogP contribution < -0.4 is 21.9 Å². The summed E-state index contributed by atoms with van der Waals surface area (Å²) in [4.78, 5) is 39.6. The number of pyridine rings is 1. The molecule has 0 saturated carbocycles. The lowest BCUT2D eigenvalue weighted by atomic mass is 10.1. The highest BCUT2D eigenvalue weighted by Gasteiger charge is 2.16. The van der Waals surface area contributed by atoms with Crippen LogP contribution in [0.1, 0.15) is 16.1 Å². The van der Waals surface area contributed by atoms with Crippen molar-refractivity contribution in [2.45, 2.75) is 19.5 Å². The number of nitrogens with zero attached hydrogens (tertiary/aromatic N) is 4. The number of hydrogen-bond donors (Lipinski definition) is 3. The molecule has 3 heterocycles. The Hall–Kier alpha value is -4.31. The maximum absolute atomic E-state index is 13.3. The molecule has 0 unspecified atom stereocenters. The molecule has 0 atom stereocenters. The number of carbonyl (C=O) groups excluding carboxylic acids is 1. The van der Waals surface area contributed by atoms with Crippen LogP contribution in [0.2, 0.25) is 0 Å². The topological polar surface area (TPSA) is 127 Å². The number of rotatable bonds is 10. The molecule has 1 aromatic carbocycles. The fourth-order valence-corrected chi connectivity index (χ4v) is 4.68. The lowest BCUT2D eigenvalue weighted by Gasteiger charge is -2.15. The van der Waals surface area contributed by atoms with E-state index in [0.29, 0.717) is 24.4 Å². The van der Waals surface area contributed by atoms with Gasteiger partial charge in [0.2, 0.25) is 5.91 Å². The van der Waals surface area contributed by atoms with Gasteiger partial charge >= 0.3 is 0 Å². The van der Waals surface area contributed by atoms with Crippen LogP contribution in [0, 0.1) is 0 Å². The number of thiophene rings is 1. The van der Waals surface area contributed by atoms with E-state index < -0.39 is 5.56 Å². The summed E-state index contributed by atoms with van der Waals surface area (Å²) in [6, 6.07) is 13.9. The molecule has 36 heavy (non-hydrogen) atoms. The van der Waals surface area contributed by atoms with Gasteiger partial charge in [0.1, 0.15) is 6.54 Å². The number of amides is 1. The van der Waals surface area contributed by atoms with Crippen molar-refractivity contribution in [3.8, 4) is 0 Å². The molecule has 9 nitrogen and oxygen atoms in total. The van der Waals surface area contributed by atoms with Gasteiger partial charge in [0.05, 0.1) is 18.4 Å². The third-order valence-electron chi connectivity index (χ3n) is 5.48. The fraction of sp³-hybridized carbons (Fsp3) is 0.192. The van der Waals surface area contributed by atoms with Crippen molar-refractivity contribution in [3.05, 3.63) is 93.7 Å². The van der Waals surface area contributed by atoms with E-state index in [0.717, 1.165) is 26.9 Å². The minimum Gasteiger partial charge on any atom is -0.404 e. The molecule has 0 spiro atoms. The van der Waals surface area contributed by atoms with Gasteiger partial charge in [-0.3, -0.25) is 24.1 Å². The first-order chi connectivity index (χ1) is 17.6. The second-order valence-corrected chi connectivity index (χ2v) is 9.13. The van der Waals surface area contributed by atoms with Gasteiger partial charge < -0.3 is 16.4 Å². The molecule has 1 amide bonds. The van der Waals surface area contributed by atoms with E-state index in [-0.39, 0.29) is 18.3 Å². The summed E-state index contributed by atoms with van der Waals surface area (Å²) in [6.45, 7) is 0.686. The minimum absolute atomic E-state index is 0.171. The number of nitrogens with two attached hydrogens (primary N) is 1.